The van der Waals surface area contributed by atoms with Gasteiger partial charge in [-0.1, -0.05) is 35.4 Å². The van der Waals surface area contributed by atoms with Crippen molar-refractivity contribution in [1.29, 1.82) is 0 Å². The van der Waals surface area contributed by atoms with E-state index in [9.17, 15) is 14.4 Å². The van der Waals surface area contributed by atoms with Crippen molar-refractivity contribution in [3.05, 3.63) is 87.9 Å². The van der Waals surface area contributed by atoms with Gasteiger partial charge in [0.05, 0.1) is 6.04 Å². The Bertz CT molecular complexity index is 1340. The zero-order valence-electron chi connectivity index (χ0n) is 18.4. The molecule has 4 N–H and O–H groups in total. The van der Waals surface area contributed by atoms with Gasteiger partial charge in [-0.25, -0.2) is 0 Å². The lowest BCUT2D eigenvalue weighted by molar-refractivity contribution is -0.130. The first-order valence-electron chi connectivity index (χ1n) is 10.9. The summed E-state index contributed by atoms with van der Waals surface area (Å²) in [4.78, 5) is 37.4. The lowest BCUT2D eigenvalue weighted by Crippen LogP contribution is -2.52. The van der Waals surface area contributed by atoms with Crippen LogP contribution in [0, 0.1) is 6.92 Å². The first-order valence-corrected chi connectivity index (χ1v) is 11.2. The van der Waals surface area contributed by atoms with E-state index < -0.39 is 17.4 Å². The average molecular weight is 476 g/mol. The van der Waals surface area contributed by atoms with E-state index in [0.717, 1.165) is 11.1 Å². The van der Waals surface area contributed by atoms with Gasteiger partial charge in [0.2, 0.25) is 17.7 Å². The second-order valence-electron chi connectivity index (χ2n) is 8.65. The summed E-state index contributed by atoms with van der Waals surface area (Å²) in [5.74, 6) is 0.145. The van der Waals surface area contributed by atoms with Gasteiger partial charge < -0.3 is 21.1 Å². The number of hydrogen-bond donors (Lipinski definition) is 3. The fourth-order valence-electron chi connectivity index (χ4n) is 4.86. The summed E-state index contributed by atoms with van der Waals surface area (Å²) < 4.78 is 6.18. The minimum atomic E-state index is -1.00. The Hall–Kier alpha value is -3.84. The summed E-state index contributed by atoms with van der Waals surface area (Å²) in [6.07, 6.45) is 0.577. The molecule has 2 atom stereocenters. The molecule has 5 rings (SSSR count). The molecule has 34 heavy (non-hydrogen) atoms. The number of ether oxygens (including phenoxy) is 1. The third-order valence-electron chi connectivity index (χ3n) is 6.50. The van der Waals surface area contributed by atoms with Crippen LogP contribution < -0.4 is 21.1 Å². The highest BCUT2D eigenvalue weighted by molar-refractivity contribution is 6.31. The van der Waals surface area contributed by atoms with Crippen LogP contribution in [-0.2, 0) is 15.0 Å². The topological polar surface area (TPSA) is 111 Å². The van der Waals surface area contributed by atoms with Crippen LogP contribution in [0.1, 0.15) is 45.9 Å². The summed E-state index contributed by atoms with van der Waals surface area (Å²) in [6.45, 7) is 1.94. The van der Waals surface area contributed by atoms with E-state index in [-0.39, 0.29) is 18.2 Å². The van der Waals surface area contributed by atoms with Gasteiger partial charge in [-0.3, -0.25) is 14.4 Å². The Morgan fingerprint density at radius 2 is 1.85 bits per heavy atom. The lowest BCUT2D eigenvalue weighted by atomic mass is 9.67. The minimum Gasteiger partial charge on any atom is -0.457 e. The van der Waals surface area contributed by atoms with E-state index in [1.54, 1.807) is 36.4 Å². The van der Waals surface area contributed by atoms with Gasteiger partial charge in [0.1, 0.15) is 16.9 Å². The summed E-state index contributed by atoms with van der Waals surface area (Å²) in [7, 11) is 0. The molecule has 2 aliphatic rings. The van der Waals surface area contributed by atoms with Crippen LogP contribution in [0.3, 0.4) is 0 Å². The number of halogens is 1. The third-order valence-corrected chi connectivity index (χ3v) is 6.74. The molecule has 2 aliphatic heterocycles. The summed E-state index contributed by atoms with van der Waals surface area (Å²) in [6, 6.07) is 16.8. The van der Waals surface area contributed by atoms with E-state index >= 15 is 0 Å². The van der Waals surface area contributed by atoms with Crippen LogP contribution >= 0.6 is 11.6 Å². The Kier molecular flexibility index (Phi) is 5.29. The molecule has 0 unspecified atom stereocenters. The van der Waals surface area contributed by atoms with Crippen LogP contribution in [0.15, 0.2) is 60.7 Å². The first-order chi connectivity index (χ1) is 16.3. The molecule has 3 aromatic rings. The number of carbonyl (C=O) groups excluding carboxylic acids is 3. The quantitative estimate of drug-likeness (QED) is 0.520. The van der Waals surface area contributed by atoms with Gasteiger partial charge in [-0.05, 0) is 61.4 Å². The van der Waals surface area contributed by atoms with Crippen LogP contribution in [0.2, 0.25) is 5.02 Å². The standard InChI is InChI=1S/C26H22ClN3O4/c1-14-2-9-21(34-17-6-3-15(4-7-17)24(28)32)18(12-14)23-26(11-10-22(31)30-23)19-8-5-16(27)13-20(19)29-25(26)33/h2-9,12-13,23H,10-11H2,1H3,(H2,28,32)(H,29,33)(H,30,31)/t23-,26-/m1/s1. The smallest absolute Gasteiger partial charge is 0.248 e. The van der Waals surface area contributed by atoms with Gasteiger partial charge in [-0.2, -0.15) is 0 Å². The molecule has 0 aliphatic carbocycles. The van der Waals surface area contributed by atoms with Gasteiger partial charge in [0.15, 0.2) is 0 Å². The van der Waals surface area contributed by atoms with E-state index in [4.69, 9.17) is 22.1 Å². The van der Waals surface area contributed by atoms with Gasteiger partial charge in [-0.15, -0.1) is 0 Å². The molecule has 172 valence electrons. The van der Waals surface area contributed by atoms with Crippen molar-refractivity contribution < 1.29 is 19.1 Å². The summed E-state index contributed by atoms with van der Waals surface area (Å²) in [5.41, 5.74) is 7.78. The molecule has 8 heteroatoms. The number of carbonyl (C=O) groups is 3. The number of aryl methyl sites for hydroxylation is 1. The van der Waals surface area contributed by atoms with E-state index in [1.807, 2.05) is 31.2 Å². The molecular weight excluding hydrogens is 454 g/mol. The van der Waals surface area contributed by atoms with Crippen molar-refractivity contribution in [2.24, 2.45) is 5.73 Å². The van der Waals surface area contributed by atoms with Crippen LogP contribution in [-0.4, -0.2) is 17.7 Å². The fraction of sp³-hybridized carbons (Fsp3) is 0.192. The molecule has 0 radical (unpaired) electrons. The van der Waals surface area contributed by atoms with Gasteiger partial charge in [0.25, 0.3) is 0 Å². The first kappa shape index (κ1) is 22.0. The molecule has 1 saturated heterocycles. The van der Waals surface area contributed by atoms with Crippen molar-refractivity contribution in [3.63, 3.8) is 0 Å². The molecule has 0 saturated carbocycles. The average Bonchev–Trinajstić information content (AvgIpc) is 3.07. The zero-order chi connectivity index (χ0) is 24.0. The van der Waals surface area contributed by atoms with E-state index in [0.29, 0.717) is 39.8 Å². The highest BCUT2D eigenvalue weighted by Crippen LogP contribution is 2.53. The number of primary amides is 1. The SMILES string of the molecule is Cc1ccc(Oc2ccc(C(N)=O)cc2)c([C@H]2NC(=O)CC[C@]23C(=O)Nc2cc(Cl)ccc23)c1. The molecule has 3 amide bonds. The Morgan fingerprint density at radius 3 is 2.59 bits per heavy atom. The van der Waals surface area contributed by atoms with Crippen LogP contribution in [0.5, 0.6) is 11.5 Å². The van der Waals surface area contributed by atoms with Crippen molar-refractivity contribution in [1.82, 2.24) is 5.32 Å². The Balaban J connectivity index is 1.62. The second kappa shape index (κ2) is 8.18. The van der Waals surface area contributed by atoms with Crippen molar-refractivity contribution >= 4 is 35.0 Å². The molecule has 3 aromatic carbocycles. The van der Waals surface area contributed by atoms with Crippen molar-refractivity contribution in [3.8, 4) is 11.5 Å². The normalized spacial score (nSPS) is 21.1. The molecule has 1 spiro atoms. The number of hydrogen-bond acceptors (Lipinski definition) is 4. The van der Waals surface area contributed by atoms with Gasteiger partial charge in [0, 0.05) is 28.3 Å². The van der Waals surface area contributed by atoms with Crippen LogP contribution in [0.4, 0.5) is 5.69 Å². The number of piperidine rings is 1. The number of nitrogens with two attached hydrogens (primary N) is 1. The molecule has 0 aromatic heterocycles. The van der Waals surface area contributed by atoms with E-state index in [2.05, 4.69) is 10.6 Å². The van der Waals surface area contributed by atoms with Crippen molar-refractivity contribution in [2.45, 2.75) is 31.2 Å². The largest absolute Gasteiger partial charge is 0.457 e. The number of fused-ring (bicyclic) bond motifs is 2. The van der Waals surface area contributed by atoms with Crippen molar-refractivity contribution in [2.75, 3.05) is 5.32 Å². The third kappa shape index (κ3) is 3.58. The molecule has 0 bridgehead atoms. The highest BCUT2D eigenvalue weighted by atomic mass is 35.5. The zero-order valence-corrected chi connectivity index (χ0v) is 19.1. The number of benzene rings is 3. The molecule has 7 nitrogen and oxygen atoms in total. The maximum atomic E-state index is 13.5. The lowest BCUT2D eigenvalue weighted by Gasteiger charge is -2.41. The molecule has 1 fully saturated rings. The predicted molar refractivity (Wildman–Crippen MR) is 128 cm³/mol. The second-order valence-corrected chi connectivity index (χ2v) is 9.08. The summed E-state index contributed by atoms with van der Waals surface area (Å²) in [5, 5.41) is 6.53. The van der Waals surface area contributed by atoms with E-state index in [1.165, 1.54) is 0 Å². The number of rotatable bonds is 4. The minimum absolute atomic E-state index is 0.135. The monoisotopic (exact) mass is 475 g/mol. The number of amides is 3. The maximum absolute atomic E-state index is 13.5. The Morgan fingerprint density at radius 1 is 1.09 bits per heavy atom. The fourth-order valence-corrected chi connectivity index (χ4v) is 5.03. The molecular formula is C26H22ClN3O4. The predicted octanol–water partition coefficient (Wildman–Crippen LogP) is 4.38. The number of anilines is 1. The van der Waals surface area contributed by atoms with Gasteiger partial charge >= 0.3 is 0 Å². The van der Waals surface area contributed by atoms with Crippen LogP contribution in [0.25, 0.3) is 0 Å². The highest BCUT2D eigenvalue weighted by Gasteiger charge is 2.56. The maximum Gasteiger partial charge on any atom is 0.248 e. The Labute approximate surface area is 201 Å². The summed E-state index contributed by atoms with van der Waals surface area (Å²) >= 11 is 6.17. The number of nitrogens with one attached hydrogen (secondary N) is 2. The molecule has 2 heterocycles.